The van der Waals surface area contributed by atoms with Crippen LogP contribution in [0.1, 0.15) is 29.2 Å². The minimum atomic E-state index is -0.242. The van der Waals surface area contributed by atoms with Crippen LogP contribution in [0, 0.1) is 18.3 Å². The number of benzene rings is 1. The summed E-state index contributed by atoms with van der Waals surface area (Å²) in [4.78, 5) is 32.9. The van der Waals surface area contributed by atoms with Gasteiger partial charge in [-0.2, -0.15) is 10.4 Å². The van der Waals surface area contributed by atoms with E-state index in [4.69, 9.17) is 10.00 Å². The van der Waals surface area contributed by atoms with Gasteiger partial charge in [-0.1, -0.05) is 30.3 Å². The van der Waals surface area contributed by atoms with E-state index in [-0.39, 0.29) is 17.5 Å². The number of carbonyl (C=O) groups excluding carboxylic acids is 1. The van der Waals surface area contributed by atoms with E-state index in [0.29, 0.717) is 62.6 Å². The maximum absolute atomic E-state index is 12.7. The van der Waals surface area contributed by atoms with Gasteiger partial charge >= 0.3 is 0 Å². The van der Waals surface area contributed by atoms with Gasteiger partial charge in [0.1, 0.15) is 11.9 Å². The second-order valence-corrected chi connectivity index (χ2v) is 8.56. The number of ether oxygens (including phenoxy) is 1. The van der Waals surface area contributed by atoms with Crippen LogP contribution < -0.4 is 15.8 Å². The fraction of sp³-hybridized carbons (Fsp3) is 0.346. The Bertz CT molecular complexity index is 1250. The summed E-state index contributed by atoms with van der Waals surface area (Å²) < 4.78 is 5.90. The summed E-state index contributed by atoms with van der Waals surface area (Å²) in [6, 6.07) is 15.3. The van der Waals surface area contributed by atoms with Crippen molar-refractivity contribution in [1.29, 1.82) is 5.26 Å². The molecule has 36 heavy (non-hydrogen) atoms. The number of H-pyrrole nitrogens is 1. The molecule has 1 aliphatic heterocycles. The molecule has 0 saturated carbocycles. The third-order valence-electron chi connectivity index (χ3n) is 6.21. The van der Waals surface area contributed by atoms with E-state index < -0.39 is 0 Å². The first-order valence-electron chi connectivity index (χ1n) is 11.9. The first-order valence-corrected chi connectivity index (χ1v) is 11.9. The molecule has 1 atom stereocenters. The topological polar surface area (TPSA) is 127 Å². The lowest BCUT2D eigenvalue weighted by Gasteiger charge is -2.35. The van der Waals surface area contributed by atoms with Crippen molar-refractivity contribution in [3.05, 3.63) is 81.9 Å². The highest BCUT2D eigenvalue weighted by Gasteiger charge is 2.22. The van der Waals surface area contributed by atoms with Gasteiger partial charge in [-0.15, -0.1) is 0 Å². The lowest BCUT2D eigenvalue weighted by atomic mass is 10.1. The average Bonchev–Trinajstić information content (AvgIpc) is 2.93. The first kappa shape index (κ1) is 24.9. The summed E-state index contributed by atoms with van der Waals surface area (Å²) in [5.74, 6) is 0.871. The summed E-state index contributed by atoms with van der Waals surface area (Å²) in [5, 5.41) is 18.6. The molecule has 186 valence electrons. The van der Waals surface area contributed by atoms with Crippen molar-refractivity contribution < 1.29 is 9.53 Å². The monoisotopic (exact) mass is 487 g/mol. The molecule has 3 aromatic rings. The lowest BCUT2D eigenvalue weighted by Crippen LogP contribution is -2.49. The zero-order valence-electron chi connectivity index (χ0n) is 20.2. The van der Waals surface area contributed by atoms with Gasteiger partial charge < -0.3 is 19.9 Å². The molecule has 4 rings (SSSR count). The van der Waals surface area contributed by atoms with E-state index in [1.54, 1.807) is 25.4 Å². The normalized spacial score (nSPS) is 14.2. The fourth-order valence-electron chi connectivity index (χ4n) is 4.04. The smallest absolute Gasteiger partial charge is 0.269 e. The van der Waals surface area contributed by atoms with Gasteiger partial charge in [0, 0.05) is 37.9 Å². The minimum Gasteiger partial charge on any atom is -0.378 e. The number of piperazine rings is 1. The highest BCUT2D eigenvalue weighted by atomic mass is 16.5. The van der Waals surface area contributed by atoms with E-state index in [2.05, 4.69) is 31.5 Å². The van der Waals surface area contributed by atoms with Crippen LogP contribution >= 0.6 is 0 Å². The number of nitriles is 1. The second kappa shape index (κ2) is 12.0. The largest absolute Gasteiger partial charge is 0.378 e. The molecule has 10 heteroatoms. The Labute approximate surface area is 209 Å². The molecule has 1 aromatic carbocycles. The van der Waals surface area contributed by atoms with Crippen LogP contribution in [-0.2, 0) is 9.53 Å². The molecule has 1 aliphatic rings. The molecular weight excluding hydrogens is 458 g/mol. The Hall–Kier alpha value is -4.23. The van der Waals surface area contributed by atoms with Crippen LogP contribution in [0.4, 0.5) is 11.5 Å². The Morgan fingerprint density at radius 2 is 1.94 bits per heavy atom. The molecule has 0 spiro atoms. The number of rotatable bonds is 9. The Kier molecular flexibility index (Phi) is 8.26. The average molecular weight is 488 g/mol. The van der Waals surface area contributed by atoms with Gasteiger partial charge in [-0.05, 0) is 24.6 Å². The number of pyridine rings is 1. The van der Waals surface area contributed by atoms with Gasteiger partial charge in [0.15, 0.2) is 0 Å². The predicted molar refractivity (Wildman–Crippen MR) is 136 cm³/mol. The SMILES string of the molecule is Cc1c(N[C@@H](COCCC(=O)N2CCN(c3ccc(C#N)cn3)CC2)c2ccccc2)cn[nH]c1=O. The summed E-state index contributed by atoms with van der Waals surface area (Å²) in [6.45, 7) is 4.98. The van der Waals surface area contributed by atoms with Crippen molar-refractivity contribution in [1.82, 2.24) is 20.1 Å². The van der Waals surface area contributed by atoms with Crippen LogP contribution in [0.3, 0.4) is 0 Å². The van der Waals surface area contributed by atoms with Crippen LogP contribution in [0.25, 0.3) is 0 Å². The third kappa shape index (κ3) is 6.25. The number of hydrogen-bond donors (Lipinski definition) is 2. The second-order valence-electron chi connectivity index (χ2n) is 8.56. The van der Waals surface area contributed by atoms with Gasteiger partial charge in [0.2, 0.25) is 5.91 Å². The van der Waals surface area contributed by atoms with Crippen molar-refractivity contribution in [2.45, 2.75) is 19.4 Å². The molecule has 1 saturated heterocycles. The summed E-state index contributed by atoms with van der Waals surface area (Å²) in [6.07, 6.45) is 3.45. The van der Waals surface area contributed by atoms with Crippen molar-refractivity contribution in [3.8, 4) is 6.07 Å². The van der Waals surface area contributed by atoms with E-state index in [1.807, 2.05) is 41.3 Å². The quantitative estimate of drug-likeness (QED) is 0.440. The van der Waals surface area contributed by atoms with Crippen molar-refractivity contribution in [3.63, 3.8) is 0 Å². The summed E-state index contributed by atoms with van der Waals surface area (Å²) in [5.41, 5.74) is 2.49. The van der Waals surface area contributed by atoms with Gasteiger partial charge in [0.05, 0.1) is 43.1 Å². The predicted octanol–water partition coefficient (Wildman–Crippen LogP) is 2.25. The zero-order chi connectivity index (χ0) is 25.3. The maximum Gasteiger partial charge on any atom is 0.269 e. The number of aromatic amines is 1. The number of amides is 1. The molecule has 0 aliphatic carbocycles. The van der Waals surface area contributed by atoms with Crippen LogP contribution in [0.5, 0.6) is 0 Å². The van der Waals surface area contributed by atoms with Gasteiger partial charge in [0.25, 0.3) is 5.56 Å². The standard InChI is InChI=1S/C26H29N7O3/c1-19-22(17-29-31-26(19)35)30-23(21-5-3-2-4-6-21)18-36-14-9-25(34)33-12-10-32(11-13-33)24-8-7-20(15-27)16-28-24/h2-8,16-17,23H,9-14,18H2,1H3,(H2,30,31,35)/t23-/m0/s1. The Morgan fingerprint density at radius 1 is 1.17 bits per heavy atom. The van der Waals surface area contributed by atoms with Crippen LogP contribution in [0.2, 0.25) is 0 Å². The Morgan fingerprint density at radius 3 is 2.64 bits per heavy atom. The molecule has 0 radical (unpaired) electrons. The van der Waals surface area contributed by atoms with Crippen molar-refractivity contribution in [2.24, 2.45) is 0 Å². The number of nitrogens with one attached hydrogen (secondary N) is 2. The molecule has 2 aromatic heterocycles. The van der Waals surface area contributed by atoms with E-state index in [1.165, 1.54) is 0 Å². The van der Waals surface area contributed by atoms with E-state index in [0.717, 1.165) is 11.4 Å². The van der Waals surface area contributed by atoms with Gasteiger partial charge in [-0.3, -0.25) is 9.59 Å². The molecule has 10 nitrogen and oxygen atoms in total. The molecule has 3 heterocycles. The minimum absolute atomic E-state index is 0.0568. The molecule has 0 unspecified atom stereocenters. The molecular formula is C26H29N7O3. The number of aromatic nitrogens is 3. The number of carbonyl (C=O) groups is 1. The van der Waals surface area contributed by atoms with Crippen molar-refractivity contribution in [2.75, 3.05) is 49.6 Å². The summed E-state index contributed by atoms with van der Waals surface area (Å²) in [7, 11) is 0. The molecule has 0 bridgehead atoms. The molecule has 2 N–H and O–H groups in total. The molecule has 1 fully saturated rings. The van der Waals surface area contributed by atoms with Crippen molar-refractivity contribution >= 4 is 17.4 Å². The Balaban J connectivity index is 1.26. The zero-order valence-corrected chi connectivity index (χ0v) is 20.2. The molecule has 1 amide bonds. The lowest BCUT2D eigenvalue weighted by molar-refractivity contribution is -0.132. The number of hydrogen-bond acceptors (Lipinski definition) is 8. The highest BCUT2D eigenvalue weighted by Crippen LogP contribution is 2.21. The summed E-state index contributed by atoms with van der Waals surface area (Å²) >= 11 is 0. The van der Waals surface area contributed by atoms with Crippen LogP contribution in [0.15, 0.2) is 59.7 Å². The fourth-order valence-corrected chi connectivity index (χ4v) is 4.04. The van der Waals surface area contributed by atoms with Crippen LogP contribution in [-0.4, -0.2) is 65.4 Å². The maximum atomic E-state index is 12.7. The highest BCUT2D eigenvalue weighted by molar-refractivity contribution is 5.76. The van der Waals surface area contributed by atoms with Gasteiger partial charge in [-0.25, -0.2) is 10.1 Å². The van der Waals surface area contributed by atoms with E-state index in [9.17, 15) is 9.59 Å². The third-order valence-corrected chi connectivity index (χ3v) is 6.21. The number of nitrogens with zero attached hydrogens (tertiary/aromatic N) is 5. The first-order chi connectivity index (χ1) is 17.5. The number of anilines is 2. The van der Waals surface area contributed by atoms with E-state index >= 15 is 0 Å².